The molecule has 0 unspecified atom stereocenters. The molecule has 0 aromatic heterocycles. The van der Waals surface area contributed by atoms with Crippen LogP contribution in [0.15, 0.2) is 61.8 Å². The molecule has 0 heterocycles. The topological polar surface area (TPSA) is 236 Å². The zero-order chi connectivity index (χ0) is 34.2. The lowest BCUT2D eigenvalue weighted by atomic mass is 9.88. The van der Waals surface area contributed by atoms with Crippen LogP contribution >= 0.6 is 0 Å². The zero-order valence-corrected chi connectivity index (χ0v) is 24.7. The summed E-state index contributed by atoms with van der Waals surface area (Å²) in [6.45, 7) is 23.9. The number of ether oxygens (including phenoxy) is 1. The third-order valence-electron chi connectivity index (χ3n) is 3.94. The van der Waals surface area contributed by atoms with Crippen LogP contribution in [0.5, 0.6) is 0 Å². The number of rotatable bonds is 12. The fourth-order valence-corrected chi connectivity index (χ4v) is 0.861. The summed E-state index contributed by atoms with van der Waals surface area (Å²) in [6, 6.07) is 0. The molecule has 0 spiro atoms. The summed E-state index contributed by atoms with van der Waals surface area (Å²) in [5.41, 5.74) is -0.139. The number of carbonyl (C=O) groups excluding carboxylic acids is 1. The normalized spacial score (nSPS) is 8.59. The van der Waals surface area contributed by atoms with Gasteiger partial charge in [-0.2, -0.15) is 0 Å². The minimum atomic E-state index is -0.981. The van der Waals surface area contributed by atoms with Crippen LogP contribution in [0.4, 0.5) is 0 Å². The van der Waals surface area contributed by atoms with E-state index in [9.17, 15) is 24.0 Å². The fraction of sp³-hybridized carbons (Fsp3) is 0.464. The van der Waals surface area contributed by atoms with Gasteiger partial charge in [0.05, 0.1) is 26.4 Å². The van der Waals surface area contributed by atoms with Gasteiger partial charge in [0.2, 0.25) is 0 Å². The molecular weight excluding hydrogens is 544 g/mol. The van der Waals surface area contributed by atoms with Gasteiger partial charge in [0, 0.05) is 34.3 Å². The molecule has 0 atom stereocenters. The number of unbranched alkanes of at least 4 members (excludes halogenated alkanes) is 1. The van der Waals surface area contributed by atoms with Crippen LogP contribution in [-0.4, -0.2) is 92.0 Å². The Kier molecular flexibility index (Phi) is 41.3. The molecule has 0 aromatic carbocycles. The van der Waals surface area contributed by atoms with Crippen molar-refractivity contribution in [3.63, 3.8) is 0 Å². The maximum absolute atomic E-state index is 10.3. The lowest BCUT2D eigenvalue weighted by molar-refractivity contribution is -0.138. The molecule has 0 aliphatic heterocycles. The highest BCUT2D eigenvalue weighted by molar-refractivity contribution is 5.85. The van der Waals surface area contributed by atoms with Gasteiger partial charge in [-0.1, -0.05) is 53.2 Å². The van der Waals surface area contributed by atoms with Crippen molar-refractivity contribution in [2.24, 2.45) is 5.41 Å². The average Bonchev–Trinajstić information content (AvgIpc) is 2.92. The van der Waals surface area contributed by atoms with Gasteiger partial charge >= 0.3 is 29.8 Å². The summed E-state index contributed by atoms with van der Waals surface area (Å²) in [6.07, 6.45) is 4.58. The molecule has 0 rings (SSSR count). The van der Waals surface area contributed by atoms with Crippen LogP contribution in [0.25, 0.3) is 0 Å². The van der Waals surface area contributed by atoms with Gasteiger partial charge in [0.1, 0.15) is 0 Å². The maximum atomic E-state index is 10.3. The van der Waals surface area contributed by atoms with Crippen LogP contribution in [-0.2, 0) is 28.7 Å². The maximum Gasteiger partial charge on any atom is 0.330 e. The van der Waals surface area contributed by atoms with Crippen LogP contribution in [0, 0.1) is 5.41 Å². The minimum Gasteiger partial charge on any atom is -0.478 e. The third kappa shape index (κ3) is 49.4. The SMILES string of the molecule is C=C(C)C(=O)O.C=C(C)C(=O)O.C=C(C)C(=O)O.C=CC(=O)O.C=CC(=O)OCCCC.CCC(CO)(CO)CO. The van der Waals surface area contributed by atoms with Gasteiger partial charge in [-0.3, -0.25) is 0 Å². The fourth-order valence-electron chi connectivity index (χ4n) is 0.861. The Morgan fingerprint density at radius 1 is 0.683 bits per heavy atom. The van der Waals surface area contributed by atoms with E-state index in [-0.39, 0.29) is 42.5 Å². The number of aliphatic hydroxyl groups excluding tert-OH is 3. The second-order valence-corrected chi connectivity index (χ2v) is 7.85. The molecule has 0 saturated carbocycles. The first-order valence-electron chi connectivity index (χ1n) is 11.9. The van der Waals surface area contributed by atoms with Crippen molar-refractivity contribution in [1.82, 2.24) is 0 Å². The molecule has 0 aliphatic carbocycles. The first-order chi connectivity index (χ1) is 18.7. The largest absolute Gasteiger partial charge is 0.478 e. The van der Waals surface area contributed by atoms with Gasteiger partial charge in [0.25, 0.3) is 0 Å². The first-order valence-corrected chi connectivity index (χ1v) is 11.9. The molecule has 7 N–H and O–H groups in total. The molecule has 0 bridgehead atoms. The van der Waals surface area contributed by atoms with Crippen LogP contribution in [0.3, 0.4) is 0 Å². The molecule has 0 aromatic rings. The van der Waals surface area contributed by atoms with E-state index in [4.69, 9.17) is 35.7 Å². The molecule has 238 valence electrons. The highest BCUT2D eigenvalue weighted by atomic mass is 16.5. The van der Waals surface area contributed by atoms with Crippen molar-refractivity contribution >= 4 is 29.8 Å². The molecule has 41 heavy (non-hydrogen) atoms. The molecule has 0 amide bonds. The van der Waals surface area contributed by atoms with Crippen molar-refractivity contribution in [3.8, 4) is 0 Å². The summed E-state index contributed by atoms with van der Waals surface area (Å²) in [5.74, 6) is -4.12. The van der Waals surface area contributed by atoms with E-state index in [1.807, 2.05) is 13.8 Å². The van der Waals surface area contributed by atoms with E-state index in [1.165, 1.54) is 26.8 Å². The van der Waals surface area contributed by atoms with Crippen molar-refractivity contribution in [2.45, 2.75) is 53.9 Å². The molecule has 13 nitrogen and oxygen atoms in total. The van der Waals surface area contributed by atoms with E-state index >= 15 is 0 Å². The monoisotopic (exact) mass is 592 g/mol. The minimum absolute atomic E-state index is 0.156. The van der Waals surface area contributed by atoms with Crippen molar-refractivity contribution in [1.29, 1.82) is 0 Å². The van der Waals surface area contributed by atoms with E-state index in [0.717, 1.165) is 18.9 Å². The number of carbonyl (C=O) groups is 5. The van der Waals surface area contributed by atoms with E-state index < -0.39 is 29.3 Å². The van der Waals surface area contributed by atoms with Crippen LogP contribution in [0.1, 0.15) is 53.9 Å². The highest BCUT2D eigenvalue weighted by Gasteiger charge is 2.24. The quantitative estimate of drug-likeness (QED) is 0.0981. The highest BCUT2D eigenvalue weighted by Crippen LogP contribution is 2.18. The number of aliphatic carboxylic acids is 4. The number of esters is 1. The number of carboxylic acid groups (broad SMARTS) is 4. The molecule has 0 radical (unpaired) electrons. The Labute approximate surface area is 242 Å². The van der Waals surface area contributed by atoms with Gasteiger partial charge in [0.15, 0.2) is 0 Å². The number of aliphatic hydroxyl groups is 3. The van der Waals surface area contributed by atoms with Gasteiger partial charge < -0.3 is 40.5 Å². The molecule has 13 heteroatoms. The third-order valence-corrected chi connectivity index (χ3v) is 3.94. The van der Waals surface area contributed by atoms with E-state index in [2.05, 4.69) is 37.6 Å². The molecule has 0 saturated heterocycles. The lowest BCUT2D eigenvalue weighted by Gasteiger charge is -2.24. The second kappa shape index (κ2) is 34.0. The Bertz CT molecular complexity index is 712. The number of hydrogen-bond donors (Lipinski definition) is 7. The van der Waals surface area contributed by atoms with Crippen molar-refractivity contribution in [2.75, 3.05) is 26.4 Å². The second-order valence-electron chi connectivity index (χ2n) is 7.85. The van der Waals surface area contributed by atoms with E-state index in [0.29, 0.717) is 13.0 Å². The molecule has 0 aliphatic rings. The van der Waals surface area contributed by atoms with E-state index in [1.54, 1.807) is 0 Å². The van der Waals surface area contributed by atoms with Gasteiger partial charge in [-0.05, 0) is 33.6 Å². The van der Waals surface area contributed by atoms with Gasteiger partial charge in [-0.15, -0.1) is 0 Å². The molecule has 0 fully saturated rings. The van der Waals surface area contributed by atoms with Gasteiger partial charge in [-0.25, -0.2) is 24.0 Å². The zero-order valence-electron chi connectivity index (χ0n) is 24.7. The number of hydrogen-bond acceptors (Lipinski definition) is 9. The summed E-state index contributed by atoms with van der Waals surface area (Å²) in [7, 11) is 0. The predicted molar refractivity (Wildman–Crippen MR) is 155 cm³/mol. The standard InChI is InChI=1S/C7H12O2.C6H14O3.3C4H6O2.C3H4O2/c1-3-5-6-9-7(8)4-2;1-2-6(3-7,4-8)5-9;3*1-3(2)4(5)6;1-2-3(4)5/h4H,2-3,5-6H2,1H3;7-9H,2-5H2,1H3;3*1H2,2H3,(H,5,6);2H,1H2,(H,4,5). The Balaban J connectivity index is -0.0000000910. The average molecular weight is 593 g/mol. The predicted octanol–water partition coefficient (Wildman–Crippen LogP) is 3.07. The molecular formula is C28H48O13. The van der Waals surface area contributed by atoms with Crippen LogP contribution < -0.4 is 0 Å². The van der Waals surface area contributed by atoms with Crippen molar-refractivity contribution < 1.29 is 64.5 Å². The number of carboxylic acids is 4. The smallest absolute Gasteiger partial charge is 0.330 e. The first kappa shape index (κ1) is 49.8. The van der Waals surface area contributed by atoms with Crippen LogP contribution in [0.2, 0.25) is 0 Å². The summed E-state index contributed by atoms with van der Waals surface area (Å²) >= 11 is 0. The van der Waals surface area contributed by atoms with Crippen molar-refractivity contribution in [3.05, 3.63) is 61.8 Å². The Morgan fingerprint density at radius 2 is 0.951 bits per heavy atom. The summed E-state index contributed by atoms with van der Waals surface area (Å²) < 4.78 is 4.67. The summed E-state index contributed by atoms with van der Waals surface area (Å²) in [4.78, 5) is 48.4. The lowest BCUT2D eigenvalue weighted by Crippen LogP contribution is -2.32. The Hall–Kier alpha value is -4.07. The summed E-state index contributed by atoms with van der Waals surface area (Å²) in [5, 5.41) is 57.2. The Morgan fingerprint density at radius 3 is 1.05 bits per heavy atom.